The monoisotopic (exact) mass is 414 g/mol. The van der Waals surface area contributed by atoms with Gasteiger partial charge in [0.05, 0.1) is 24.7 Å². The Morgan fingerprint density at radius 2 is 1.90 bits per heavy atom. The summed E-state index contributed by atoms with van der Waals surface area (Å²) in [5.74, 6) is 0.896. The molecule has 2 amide bonds. The Morgan fingerprint density at radius 3 is 2.50 bits per heavy atom. The number of fused-ring (bicyclic) bond motifs is 1. The third kappa shape index (κ3) is 4.61. The van der Waals surface area contributed by atoms with Crippen LogP contribution >= 0.6 is 0 Å². The van der Waals surface area contributed by atoms with Crippen molar-refractivity contribution in [1.82, 2.24) is 15.3 Å². The minimum Gasteiger partial charge on any atom is -0.492 e. The lowest BCUT2D eigenvalue weighted by molar-refractivity contribution is -0.120. The summed E-state index contributed by atoms with van der Waals surface area (Å²) < 4.78 is 11.6. The predicted octanol–water partition coefficient (Wildman–Crippen LogP) is 3.56. The van der Waals surface area contributed by atoms with Gasteiger partial charge in [-0.05, 0) is 17.5 Å². The summed E-state index contributed by atoms with van der Waals surface area (Å²) in [6, 6.07) is 4.75. The van der Waals surface area contributed by atoms with Crippen molar-refractivity contribution < 1.29 is 24.2 Å². The molecule has 1 aromatic carbocycles. The minimum atomic E-state index is -1.27. The van der Waals surface area contributed by atoms with Gasteiger partial charge >= 0.3 is 12.1 Å². The number of benzene rings is 1. The highest BCUT2D eigenvalue weighted by Gasteiger charge is 2.35. The summed E-state index contributed by atoms with van der Waals surface area (Å²) in [5, 5.41) is 13.9. The van der Waals surface area contributed by atoms with E-state index in [1.807, 2.05) is 18.2 Å². The smallest absolute Gasteiger partial charge is 0.405 e. The molecule has 1 aromatic heterocycles. The van der Waals surface area contributed by atoms with Gasteiger partial charge in [0.2, 0.25) is 5.91 Å². The third-order valence-corrected chi connectivity index (χ3v) is 4.75. The van der Waals surface area contributed by atoms with Crippen molar-refractivity contribution in [1.29, 1.82) is 0 Å². The van der Waals surface area contributed by atoms with Gasteiger partial charge in [0.1, 0.15) is 17.5 Å². The predicted molar refractivity (Wildman–Crippen MR) is 110 cm³/mol. The lowest BCUT2D eigenvalue weighted by Crippen LogP contribution is -2.51. The zero-order valence-corrected chi connectivity index (χ0v) is 17.6. The molecule has 1 aliphatic rings. The van der Waals surface area contributed by atoms with Crippen LogP contribution in [-0.2, 0) is 10.2 Å². The van der Waals surface area contributed by atoms with Gasteiger partial charge in [-0.2, -0.15) is 0 Å². The van der Waals surface area contributed by atoms with Crippen LogP contribution < -0.4 is 20.1 Å². The molecule has 0 unspecified atom stereocenters. The highest BCUT2D eigenvalue weighted by molar-refractivity contribution is 5.96. The lowest BCUT2D eigenvalue weighted by Gasteiger charge is -2.29. The number of ether oxygens (including phenoxy) is 2. The molecule has 1 aliphatic heterocycles. The first kappa shape index (κ1) is 21.4. The van der Waals surface area contributed by atoms with Gasteiger partial charge in [0.15, 0.2) is 0 Å². The molecule has 3 N–H and O–H groups in total. The van der Waals surface area contributed by atoms with Gasteiger partial charge < -0.3 is 25.2 Å². The second kappa shape index (κ2) is 7.81. The van der Waals surface area contributed by atoms with Gasteiger partial charge in [0, 0.05) is 11.0 Å². The average Bonchev–Trinajstić information content (AvgIpc) is 2.96. The Hall–Kier alpha value is -3.36. The van der Waals surface area contributed by atoms with Crippen molar-refractivity contribution in [2.24, 2.45) is 5.41 Å². The zero-order valence-electron chi connectivity index (χ0n) is 17.6. The molecule has 0 aliphatic carbocycles. The SMILES string of the molecule is CC1(C)COc2cccc(Oc3ncc(NC(=O)[C@H](NC(=O)O)C(C)(C)C)cn3)c21. The third-order valence-electron chi connectivity index (χ3n) is 4.75. The molecule has 0 saturated carbocycles. The maximum atomic E-state index is 12.5. The first-order valence-corrected chi connectivity index (χ1v) is 9.54. The van der Waals surface area contributed by atoms with Crippen LogP contribution in [0.1, 0.15) is 40.2 Å². The fourth-order valence-corrected chi connectivity index (χ4v) is 3.26. The first-order valence-electron chi connectivity index (χ1n) is 9.54. The topological polar surface area (TPSA) is 123 Å². The van der Waals surface area contributed by atoms with Crippen molar-refractivity contribution >= 4 is 17.7 Å². The molecule has 2 aromatic rings. The molecule has 1 atom stereocenters. The van der Waals surface area contributed by atoms with E-state index >= 15 is 0 Å². The van der Waals surface area contributed by atoms with Gasteiger partial charge in [-0.15, -0.1) is 0 Å². The Morgan fingerprint density at radius 1 is 1.23 bits per heavy atom. The number of aromatic nitrogens is 2. The number of hydrogen-bond acceptors (Lipinski definition) is 6. The van der Waals surface area contributed by atoms with Crippen LogP contribution in [0.3, 0.4) is 0 Å². The molecule has 30 heavy (non-hydrogen) atoms. The van der Waals surface area contributed by atoms with Crippen molar-refractivity contribution in [3.05, 3.63) is 36.2 Å². The van der Waals surface area contributed by atoms with Crippen LogP contribution in [0, 0.1) is 5.41 Å². The van der Waals surface area contributed by atoms with Crippen molar-refractivity contribution in [3.8, 4) is 17.5 Å². The van der Waals surface area contributed by atoms with E-state index in [4.69, 9.17) is 14.6 Å². The molecular weight excluding hydrogens is 388 g/mol. The van der Waals surface area contributed by atoms with Gasteiger partial charge in [-0.3, -0.25) is 4.79 Å². The number of nitrogens with zero attached hydrogens (tertiary/aromatic N) is 2. The number of anilines is 1. The van der Waals surface area contributed by atoms with E-state index in [-0.39, 0.29) is 11.4 Å². The van der Waals surface area contributed by atoms with Crippen molar-refractivity contribution in [3.63, 3.8) is 0 Å². The van der Waals surface area contributed by atoms with E-state index in [0.717, 1.165) is 11.3 Å². The normalized spacial score (nSPS) is 15.5. The fourth-order valence-electron chi connectivity index (χ4n) is 3.26. The largest absolute Gasteiger partial charge is 0.492 e. The van der Waals surface area contributed by atoms with Gasteiger partial charge in [0.25, 0.3) is 0 Å². The number of nitrogens with one attached hydrogen (secondary N) is 2. The summed E-state index contributed by atoms with van der Waals surface area (Å²) in [4.78, 5) is 31.9. The Bertz CT molecular complexity index is 951. The molecule has 0 bridgehead atoms. The quantitative estimate of drug-likeness (QED) is 0.683. The van der Waals surface area contributed by atoms with Crippen LogP contribution in [-0.4, -0.2) is 39.7 Å². The van der Waals surface area contributed by atoms with E-state index < -0.39 is 23.5 Å². The van der Waals surface area contributed by atoms with Gasteiger partial charge in [-0.1, -0.05) is 40.7 Å². The molecule has 160 valence electrons. The van der Waals surface area contributed by atoms with Gasteiger partial charge in [-0.25, -0.2) is 14.8 Å². The molecular formula is C21H26N4O5. The number of rotatable bonds is 5. The van der Waals surface area contributed by atoms with Crippen LogP contribution in [0.4, 0.5) is 10.5 Å². The summed E-state index contributed by atoms with van der Waals surface area (Å²) in [6.45, 7) is 10.0. The number of amides is 2. The highest BCUT2D eigenvalue weighted by atomic mass is 16.5. The second-order valence-electron chi connectivity index (χ2n) is 8.90. The molecule has 9 heteroatoms. The standard InChI is InChI=1S/C21H26N4O5/c1-20(2,3)16(25-19(27)28)17(26)24-12-9-22-18(23-10-12)30-14-8-6-7-13-15(14)21(4,5)11-29-13/h6-10,16,25H,11H2,1-5H3,(H,24,26)(H,27,28)/t16-/m0/s1. The van der Waals surface area contributed by atoms with E-state index in [1.54, 1.807) is 20.8 Å². The maximum absolute atomic E-state index is 12.5. The minimum absolute atomic E-state index is 0.125. The Kier molecular flexibility index (Phi) is 5.56. The zero-order chi connectivity index (χ0) is 22.1. The molecule has 0 spiro atoms. The van der Waals surface area contributed by atoms with Crippen molar-refractivity contribution in [2.75, 3.05) is 11.9 Å². The van der Waals surface area contributed by atoms with Crippen LogP contribution in [0.5, 0.6) is 17.5 Å². The van der Waals surface area contributed by atoms with E-state index in [1.165, 1.54) is 12.4 Å². The van der Waals surface area contributed by atoms with Crippen LogP contribution in [0.15, 0.2) is 30.6 Å². The highest BCUT2D eigenvalue weighted by Crippen LogP contribution is 2.44. The summed E-state index contributed by atoms with van der Waals surface area (Å²) in [7, 11) is 0. The Labute approximate surface area is 174 Å². The molecule has 2 heterocycles. The first-order chi connectivity index (χ1) is 14.0. The van der Waals surface area contributed by atoms with E-state index in [2.05, 4.69) is 34.4 Å². The number of carbonyl (C=O) groups is 2. The lowest BCUT2D eigenvalue weighted by atomic mass is 9.86. The summed E-state index contributed by atoms with van der Waals surface area (Å²) in [6.07, 6.45) is 1.55. The summed E-state index contributed by atoms with van der Waals surface area (Å²) >= 11 is 0. The summed E-state index contributed by atoms with van der Waals surface area (Å²) in [5.41, 5.74) is 0.475. The molecule has 0 fully saturated rings. The van der Waals surface area contributed by atoms with Crippen molar-refractivity contribution in [2.45, 2.75) is 46.1 Å². The molecule has 3 rings (SSSR count). The maximum Gasteiger partial charge on any atom is 0.405 e. The molecule has 9 nitrogen and oxygen atoms in total. The molecule has 0 radical (unpaired) electrons. The molecule has 0 saturated heterocycles. The van der Waals surface area contributed by atoms with E-state index in [0.29, 0.717) is 18.0 Å². The van der Waals surface area contributed by atoms with Crippen LogP contribution in [0.2, 0.25) is 0 Å². The number of carbonyl (C=O) groups excluding carboxylic acids is 1. The second-order valence-corrected chi connectivity index (χ2v) is 8.90. The average molecular weight is 414 g/mol. The fraction of sp³-hybridized carbons (Fsp3) is 0.429. The number of carboxylic acid groups (broad SMARTS) is 1. The van der Waals surface area contributed by atoms with E-state index in [9.17, 15) is 9.59 Å². The number of hydrogen-bond donors (Lipinski definition) is 3. The van der Waals surface area contributed by atoms with Crippen LogP contribution in [0.25, 0.3) is 0 Å². The Balaban J connectivity index is 1.73.